The van der Waals surface area contributed by atoms with E-state index in [1.807, 2.05) is 30.3 Å². The molecule has 2 amide bonds. The van der Waals surface area contributed by atoms with Crippen LogP contribution in [0.25, 0.3) is 0 Å². The van der Waals surface area contributed by atoms with Gasteiger partial charge in [0.1, 0.15) is 5.82 Å². The zero-order valence-corrected chi connectivity index (χ0v) is 24.2. The van der Waals surface area contributed by atoms with Gasteiger partial charge in [0.05, 0.1) is 11.1 Å². The minimum atomic E-state index is -0.749. The number of carbonyl (C=O) groups excluding carboxylic acids is 2. The Morgan fingerprint density at radius 2 is 1.75 bits per heavy atom. The number of benzene rings is 3. The minimum absolute atomic E-state index is 0.00613. The molecule has 0 bridgehead atoms. The van der Waals surface area contributed by atoms with Crippen molar-refractivity contribution in [2.75, 3.05) is 10.6 Å². The van der Waals surface area contributed by atoms with Crippen LogP contribution in [0, 0.1) is 5.82 Å². The Morgan fingerprint density at radius 3 is 2.42 bits per heavy atom. The van der Waals surface area contributed by atoms with Crippen LogP contribution in [-0.4, -0.2) is 23.9 Å². The van der Waals surface area contributed by atoms with Crippen LogP contribution in [0.3, 0.4) is 0 Å². The monoisotopic (exact) mass is 581 g/mol. The van der Waals surface area contributed by atoms with Crippen molar-refractivity contribution in [3.63, 3.8) is 0 Å². The third-order valence-electron chi connectivity index (χ3n) is 8.54. The van der Waals surface area contributed by atoms with Crippen LogP contribution in [0.4, 0.5) is 15.8 Å². The Kier molecular flexibility index (Phi) is 8.50. The van der Waals surface area contributed by atoms with E-state index in [0.717, 1.165) is 37.7 Å². The highest BCUT2D eigenvalue weighted by Gasteiger charge is 2.57. The summed E-state index contributed by atoms with van der Waals surface area (Å²) in [6, 6.07) is 17.4. The molecule has 210 valence electrons. The maximum Gasteiger partial charge on any atom is 0.242 e. The predicted molar refractivity (Wildman–Crippen MR) is 160 cm³/mol. The first-order valence-corrected chi connectivity index (χ1v) is 14.6. The first kappa shape index (κ1) is 28.6. The molecule has 5 rings (SSSR count). The van der Waals surface area contributed by atoms with E-state index >= 15 is 4.39 Å². The average molecular weight is 583 g/mol. The predicted octanol–water partition coefficient (Wildman–Crippen LogP) is 8.01. The molecule has 8 heteroatoms. The molecule has 2 unspecified atom stereocenters. The highest BCUT2D eigenvalue weighted by atomic mass is 35.5. The van der Waals surface area contributed by atoms with Crippen LogP contribution in [-0.2, 0) is 9.59 Å². The summed E-state index contributed by atoms with van der Waals surface area (Å²) < 4.78 is 15.8. The zero-order valence-electron chi connectivity index (χ0n) is 22.6. The number of anilines is 2. The molecule has 1 aliphatic heterocycles. The average Bonchev–Trinajstić information content (AvgIpc) is 3.25. The minimum Gasteiger partial charge on any atom is -0.328 e. The molecule has 3 aromatic rings. The molecular weight excluding hydrogens is 548 g/mol. The molecule has 1 saturated heterocycles. The lowest BCUT2D eigenvalue weighted by Crippen LogP contribution is -2.50. The molecule has 3 atom stereocenters. The SMILES string of the molecule is CC(C)c1ccc(NC(=O)C2NC3(CCCCC3)C(c3ccc(Cl)cc3NC=O)[C@H]2c2cccc(Cl)c2F)cc1. The lowest BCUT2D eigenvalue weighted by Gasteiger charge is -2.41. The standard InChI is InChI=1S/C32H34Cl2FN3O2/c1-19(2)20-9-12-22(13-10-20)37-31(40)30-27(24-7-6-8-25(34)29(24)35)28(32(38-30)15-4-3-5-16-32)23-14-11-21(33)17-26(23)36-18-39/h6-14,17-19,27-28,30,38H,3-5,15-16H2,1-2H3,(H,36,39)(H,37,40)/t27-,28?,30?/m1/s1. The number of hydrogen-bond acceptors (Lipinski definition) is 3. The van der Waals surface area contributed by atoms with Crippen molar-refractivity contribution < 1.29 is 14.0 Å². The molecule has 1 saturated carbocycles. The second-order valence-corrected chi connectivity index (χ2v) is 12.1. The van der Waals surface area contributed by atoms with Crippen molar-refractivity contribution in [2.45, 2.75) is 75.3 Å². The maximum absolute atomic E-state index is 15.8. The van der Waals surface area contributed by atoms with Gasteiger partial charge >= 0.3 is 0 Å². The van der Waals surface area contributed by atoms with Crippen molar-refractivity contribution in [3.05, 3.63) is 93.2 Å². The third kappa shape index (κ3) is 5.50. The van der Waals surface area contributed by atoms with Crippen LogP contribution >= 0.6 is 23.2 Å². The molecule has 3 aromatic carbocycles. The highest BCUT2D eigenvalue weighted by Crippen LogP contribution is 2.56. The van der Waals surface area contributed by atoms with Crippen molar-refractivity contribution in [2.24, 2.45) is 0 Å². The summed E-state index contributed by atoms with van der Waals surface area (Å²) in [7, 11) is 0. The smallest absolute Gasteiger partial charge is 0.242 e. The van der Waals surface area contributed by atoms with E-state index in [-0.39, 0.29) is 16.8 Å². The van der Waals surface area contributed by atoms with E-state index in [2.05, 4.69) is 29.8 Å². The van der Waals surface area contributed by atoms with Gasteiger partial charge in [0.25, 0.3) is 0 Å². The van der Waals surface area contributed by atoms with Crippen molar-refractivity contribution >= 4 is 46.9 Å². The summed E-state index contributed by atoms with van der Waals surface area (Å²) in [6.45, 7) is 4.24. The number of rotatable bonds is 7. The molecule has 0 radical (unpaired) electrons. The van der Waals surface area contributed by atoms with Crippen molar-refractivity contribution in [3.8, 4) is 0 Å². The zero-order chi connectivity index (χ0) is 28.4. The number of amides is 2. The summed E-state index contributed by atoms with van der Waals surface area (Å²) >= 11 is 12.6. The van der Waals surface area contributed by atoms with Gasteiger partial charge in [0.15, 0.2) is 0 Å². The van der Waals surface area contributed by atoms with E-state index in [9.17, 15) is 9.59 Å². The van der Waals surface area contributed by atoms with Crippen molar-refractivity contribution in [1.82, 2.24) is 5.32 Å². The number of halogens is 3. The van der Waals surface area contributed by atoms with Gasteiger partial charge in [-0.3, -0.25) is 14.9 Å². The van der Waals surface area contributed by atoms with Gasteiger partial charge in [0.2, 0.25) is 12.3 Å². The Bertz CT molecular complexity index is 1390. The lowest BCUT2D eigenvalue weighted by atomic mass is 9.66. The molecule has 0 aromatic heterocycles. The fourth-order valence-electron chi connectivity index (χ4n) is 6.68. The van der Waals surface area contributed by atoms with Crippen LogP contribution in [0.5, 0.6) is 0 Å². The Hall–Kier alpha value is -2.93. The van der Waals surface area contributed by atoms with Gasteiger partial charge < -0.3 is 10.6 Å². The second kappa shape index (κ2) is 11.9. The maximum atomic E-state index is 15.8. The largest absolute Gasteiger partial charge is 0.328 e. The van der Waals surface area contributed by atoms with Crippen molar-refractivity contribution in [1.29, 1.82) is 0 Å². The van der Waals surface area contributed by atoms with E-state index < -0.39 is 23.3 Å². The normalized spacial score (nSPS) is 21.9. The van der Waals surface area contributed by atoms with E-state index in [1.165, 1.54) is 11.6 Å². The Labute approximate surface area is 244 Å². The van der Waals surface area contributed by atoms with Gasteiger partial charge in [-0.15, -0.1) is 0 Å². The topological polar surface area (TPSA) is 70.2 Å². The van der Waals surface area contributed by atoms with Crippen LogP contribution in [0.2, 0.25) is 10.0 Å². The molecule has 2 fully saturated rings. The first-order chi connectivity index (χ1) is 19.2. The summed E-state index contributed by atoms with van der Waals surface area (Å²) in [5.74, 6) is -1.34. The number of nitrogens with one attached hydrogen (secondary N) is 3. The van der Waals surface area contributed by atoms with E-state index in [1.54, 1.807) is 24.3 Å². The molecule has 1 spiro atoms. The van der Waals surface area contributed by atoms with Gasteiger partial charge in [0, 0.05) is 33.8 Å². The van der Waals surface area contributed by atoms with Crippen LogP contribution in [0.1, 0.15) is 80.4 Å². The molecule has 1 aliphatic carbocycles. The molecule has 3 N–H and O–H groups in total. The summed E-state index contributed by atoms with van der Waals surface area (Å²) in [4.78, 5) is 25.7. The molecule has 40 heavy (non-hydrogen) atoms. The number of carbonyl (C=O) groups is 2. The molecule has 2 aliphatic rings. The number of hydrogen-bond donors (Lipinski definition) is 3. The van der Waals surface area contributed by atoms with Crippen LogP contribution < -0.4 is 16.0 Å². The molecule has 5 nitrogen and oxygen atoms in total. The quantitative estimate of drug-likeness (QED) is 0.247. The fourth-order valence-corrected chi connectivity index (χ4v) is 7.03. The van der Waals surface area contributed by atoms with Gasteiger partial charge in [-0.05, 0) is 65.8 Å². The molecular formula is C32H34Cl2FN3O2. The third-order valence-corrected chi connectivity index (χ3v) is 9.06. The Morgan fingerprint density at radius 1 is 1.02 bits per heavy atom. The lowest BCUT2D eigenvalue weighted by molar-refractivity contribution is -0.118. The Balaban J connectivity index is 1.64. The molecule has 1 heterocycles. The first-order valence-electron chi connectivity index (χ1n) is 13.9. The second-order valence-electron chi connectivity index (χ2n) is 11.2. The van der Waals surface area contributed by atoms with Gasteiger partial charge in [-0.1, -0.05) is 86.6 Å². The van der Waals surface area contributed by atoms with Gasteiger partial charge in [-0.25, -0.2) is 4.39 Å². The van der Waals surface area contributed by atoms with Crippen LogP contribution in [0.15, 0.2) is 60.7 Å². The summed E-state index contributed by atoms with van der Waals surface area (Å²) in [5.41, 5.74) is 3.10. The highest BCUT2D eigenvalue weighted by molar-refractivity contribution is 6.31. The van der Waals surface area contributed by atoms with Gasteiger partial charge in [-0.2, -0.15) is 0 Å². The van der Waals surface area contributed by atoms with E-state index in [0.29, 0.717) is 34.3 Å². The summed E-state index contributed by atoms with van der Waals surface area (Å²) in [6.07, 6.45) is 5.28. The van der Waals surface area contributed by atoms with E-state index in [4.69, 9.17) is 23.2 Å². The summed E-state index contributed by atoms with van der Waals surface area (Å²) in [5, 5.41) is 10.1. The fraction of sp³-hybridized carbons (Fsp3) is 0.375.